The Kier molecular flexibility index (Phi) is 3.65. The molecule has 16 heavy (non-hydrogen) atoms. The molecule has 2 rings (SSSR count). The van der Waals surface area contributed by atoms with Crippen LogP contribution in [0.25, 0.3) is 0 Å². The molecule has 82 valence electrons. The Labute approximate surface area is 104 Å². The van der Waals surface area contributed by atoms with Crippen molar-refractivity contribution < 1.29 is 0 Å². The average Bonchev–Trinajstić information content (AvgIpc) is 2.32. The van der Waals surface area contributed by atoms with E-state index in [4.69, 9.17) is 23.2 Å². The molecular weight excluding hydrogens is 243 g/mol. The first kappa shape index (κ1) is 11.2. The lowest BCUT2D eigenvalue weighted by atomic mass is 10.2. The van der Waals surface area contributed by atoms with Gasteiger partial charge >= 0.3 is 0 Å². The summed E-state index contributed by atoms with van der Waals surface area (Å²) >= 11 is 12.0. The van der Waals surface area contributed by atoms with Gasteiger partial charge in [-0.1, -0.05) is 29.3 Å². The average molecular weight is 253 g/mol. The predicted octanol–water partition coefficient (Wildman–Crippen LogP) is 4.00. The van der Waals surface area contributed by atoms with Crippen molar-refractivity contribution in [3.05, 3.63) is 58.3 Å². The van der Waals surface area contributed by atoms with E-state index in [9.17, 15) is 0 Å². The number of halogens is 2. The van der Waals surface area contributed by atoms with E-state index in [1.807, 2.05) is 24.3 Å². The number of aromatic nitrogens is 1. The van der Waals surface area contributed by atoms with E-state index >= 15 is 0 Å². The highest BCUT2D eigenvalue weighted by Crippen LogP contribution is 2.29. The van der Waals surface area contributed by atoms with Crippen LogP contribution in [0.1, 0.15) is 5.56 Å². The highest BCUT2D eigenvalue weighted by atomic mass is 35.5. The number of benzene rings is 1. The molecule has 0 aliphatic rings. The fourth-order valence-corrected chi connectivity index (χ4v) is 1.71. The Hall–Kier alpha value is -1.25. The van der Waals surface area contributed by atoms with Crippen molar-refractivity contribution in [3.63, 3.8) is 0 Å². The van der Waals surface area contributed by atoms with Gasteiger partial charge in [0.25, 0.3) is 0 Å². The molecule has 0 aliphatic carbocycles. The molecule has 0 saturated heterocycles. The Balaban J connectivity index is 2.08. The molecule has 2 nitrogen and oxygen atoms in total. The van der Waals surface area contributed by atoms with Crippen molar-refractivity contribution in [2.45, 2.75) is 6.54 Å². The minimum Gasteiger partial charge on any atom is -0.380 e. The van der Waals surface area contributed by atoms with Gasteiger partial charge in [0, 0.05) is 18.9 Å². The third-order valence-corrected chi connectivity index (χ3v) is 3.00. The monoisotopic (exact) mass is 252 g/mol. The smallest absolute Gasteiger partial charge is 0.0823 e. The van der Waals surface area contributed by atoms with Crippen molar-refractivity contribution in [3.8, 4) is 0 Å². The summed E-state index contributed by atoms with van der Waals surface area (Å²) in [6.07, 6.45) is 3.52. The van der Waals surface area contributed by atoms with E-state index in [0.717, 1.165) is 11.3 Å². The molecule has 4 heteroatoms. The van der Waals surface area contributed by atoms with Crippen LogP contribution >= 0.6 is 23.2 Å². The number of rotatable bonds is 3. The molecule has 0 aliphatic heterocycles. The van der Waals surface area contributed by atoms with Gasteiger partial charge in [0.05, 0.1) is 15.7 Å². The molecule has 1 heterocycles. The summed E-state index contributed by atoms with van der Waals surface area (Å²) in [7, 11) is 0. The second-order valence-electron chi connectivity index (χ2n) is 3.31. The Morgan fingerprint density at radius 2 is 1.81 bits per heavy atom. The lowest BCUT2D eigenvalue weighted by Crippen LogP contribution is -1.99. The third kappa shape index (κ3) is 2.65. The van der Waals surface area contributed by atoms with Gasteiger partial charge in [-0.2, -0.15) is 0 Å². The molecule has 0 bridgehead atoms. The normalized spacial score (nSPS) is 10.1. The molecule has 2 aromatic rings. The maximum atomic E-state index is 6.05. The summed E-state index contributed by atoms with van der Waals surface area (Å²) in [6.45, 7) is 0.697. The molecule has 1 aromatic heterocycles. The van der Waals surface area contributed by atoms with E-state index in [1.165, 1.54) is 0 Å². The van der Waals surface area contributed by atoms with Crippen LogP contribution in [0.5, 0.6) is 0 Å². The highest BCUT2D eigenvalue weighted by molar-refractivity contribution is 6.43. The molecule has 0 saturated carbocycles. The van der Waals surface area contributed by atoms with Crippen molar-refractivity contribution in [2.75, 3.05) is 5.32 Å². The van der Waals surface area contributed by atoms with Crippen LogP contribution < -0.4 is 5.32 Å². The number of nitrogens with zero attached hydrogens (tertiary/aromatic N) is 1. The standard InChI is InChI=1S/C12H10Cl2N2/c13-10-2-1-3-11(12(10)14)16-8-9-4-6-15-7-5-9/h1-7,16H,8H2. The van der Waals surface area contributed by atoms with E-state index in [2.05, 4.69) is 10.3 Å². The number of nitrogens with one attached hydrogen (secondary N) is 1. The quantitative estimate of drug-likeness (QED) is 0.894. The van der Waals surface area contributed by atoms with Gasteiger partial charge in [-0.15, -0.1) is 0 Å². The fourth-order valence-electron chi connectivity index (χ4n) is 1.34. The molecule has 0 unspecified atom stereocenters. The first-order valence-electron chi connectivity index (χ1n) is 4.84. The van der Waals surface area contributed by atoms with Crippen molar-refractivity contribution >= 4 is 28.9 Å². The minimum atomic E-state index is 0.554. The van der Waals surface area contributed by atoms with Crippen LogP contribution in [0.15, 0.2) is 42.7 Å². The third-order valence-electron chi connectivity index (χ3n) is 2.18. The van der Waals surface area contributed by atoms with E-state index in [0.29, 0.717) is 16.6 Å². The second kappa shape index (κ2) is 5.19. The van der Waals surface area contributed by atoms with Gasteiger partial charge < -0.3 is 5.32 Å². The number of pyridine rings is 1. The molecular formula is C12H10Cl2N2. The van der Waals surface area contributed by atoms with E-state index in [1.54, 1.807) is 18.5 Å². The predicted molar refractivity (Wildman–Crippen MR) is 68.0 cm³/mol. The molecule has 0 amide bonds. The highest BCUT2D eigenvalue weighted by Gasteiger charge is 2.03. The van der Waals surface area contributed by atoms with Gasteiger partial charge in [0.2, 0.25) is 0 Å². The molecule has 1 aromatic carbocycles. The van der Waals surface area contributed by atoms with Crippen LogP contribution in [0, 0.1) is 0 Å². The maximum absolute atomic E-state index is 6.05. The topological polar surface area (TPSA) is 24.9 Å². The van der Waals surface area contributed by atoms with Gasteiger partial charge in [0.15, 0.2) is 0 Å². The summed E-state index contributed by atoms with van der Waals surface area (Å²) < 4.78 is 0. The second-order valence-corrected chi connectivity index (χ2v) is 4.10. The molecule has 0 atom stereocenters. The lowest BCUT2D eigenvalue weighted by Gasteiger charge is -2.08. The number of hydrogen-bond donors (Lipinski definition) is 1. The van der Waals surface area contributed by atoms with Gasteiger partial charge in [-0.05, 0) is 29.8 Å². The summed E-state index contributed by atoms with van der Waals surface area (Å²) in [4.78, 5) is 3.96. The molecule has 0 radical (unpaired) electrons. The number of anilines is 1. The Bertz CT molecular complexity index is 472. The molecule has 1 N–H and O–H groups in total. The Morgan fingerprint density at radius 1 is 1.06 bits per heavy atom. The molecule has 0 fully saturated rings. The zero-order valence-electron chi connectivity index (χ0n) is 8.45. The summed E-state index contributed by atoms with van der Waals surface area (Å²) in [6, 6.07) is 9.43. The van der Waals surface area contributed by atoms with Gasteiger partial charge in [0.1, 0.15) is 0 Å². The van der Waals surface area contributed by atoms with Crippen molar-refractivity contribution in [1.29, 1.82) is 0 Å². The Morgan fingerprint density at radius 3 is 2.56 bits per heavy atom. The summed E-state index contributed by atoms with van der Waals surface area (Å²) in [5.41, 5.74) is 1.98. The SMILES string of the molecule is Clc1cccc(NCc2ccncc2)c1Cl. The maximum Gasteiger partial charge on any atom is 0.0823 e. The lowest BCUT2D eigenvalue weighted by molar-refractivity contribution is 1.13. The van der Waals surface area contributed by atoms with Gasteiger partial charge in [-0.3, -0.25) is 4.98 Å². The van der Waals surface area contributed by atoms with Crippen LogP contribution in [-0.2, 0) is 6.54 Å². The van der Waals surface area contributed by atoms with Crippen LogP contribution in [0.3, 0.4) is 0 Å². The summed E-state index contributed by atoms with van der Waals surface area (Å²) in [5.74, 6) is 0. The molecule has 0 spiro atoms. The van der Waals surface area contributed by atoms with E-state index in [-0.39, 0.29) is 0 Å². The van der Waals surface area contributed by atoms with Gasteiger partial charge in [-0.25, -0.2) is 0 Å². The van der Waals surface area contributed by atoms with Crippen molar-refractivity contribution in [1.82, 2.24) is 4.98 Å². The minimum absolute atomic E-state index is 0.554. The first-order valence-corrected chi connectivity index (χ1v) is 5.60. The fraction of sp³-hybridized carbons (Fsp3) is 0.0833. The van der Waals surface area contributed by atoms with Crippen molar-refractivity contribution in [2.24, 2.45) is 0 Å². The first-order chi connectivity index (χ1) is 7.77. The van der Waals surface area contributed by atoms with Crippen LogP contribution in [0.4, 0.5) is 5.69 Å². The summed E-state index contributed by atoms with van der Waals surface area (Å²) in [5, 5.41) is 4.34. The van der Waals surface area contributed by atoms with Crippen LogP contribution in [0.2, 0.25) is 10.0 Å². The number of hydrogen-bond acceptors (Lipinski definition) is 2. The zero-order chi connectivity index (χ0) is 11.4. The largest absolute Gasteiger partial charge is 0.380 e. The zero-order valence-corrected chi connectivity index (χ0v) is 9.96. The van der Waals surface area contributed by atoms with E-state index < -0.39 is 0 Å². The van der Waals surface area contributed by atoms with Crippen LogP contribution in [-0.4, -0.2) is 4.98 Å².